The van der Waals surface area contributed by atoms with Crippen LogP contribution in [0.15, 0.2) is 48.5 Å². The topological polar surface area (TPSA) is 35.2 Å². The lowest BCUT2D eigenvalue weighted by Crippen LogP contribution is -2.10. The molecule has 0 bridgehead atoms. The molecular weight excluding hydrogens is 266 g/mol. The number of thiophene rings is 1. The highest BCUT2D eigenvalue weighted by Gasteiger charge is 2.17. The Morgan fingerprint density at radius 3 is 2.90 bits per heavy atom. The molecule has 4 rings (SSSR count). The average Bonchev–Trinajstić information content (AvgIpc) is 3.11. The Kier molecular flexibility index (Phi) is 2.76. The van der Waals surface area contributed by atoms with Crippen molar-refractivity contribution >= 4 is 21.4 Å². The lowest BCUT2D eigenvalue weighted by molar-refractivity contribution is 0.357. The van der Waals surface area contributed by atoms with Crippen LogP contribution >= 0.6 is 11.3 Å². The number of benzene rings is 2. The fourth-order valence-corrected chi connectivity index (χ4v) is 3.81. The highest BCUT2D eigenvalue weighted by atomic mass is 32.1. The minimum absolute atomic E-state index is 0.0571. The normalized spacial score (nSPS) is 15.1. The van der Waals surface area contributed by atoms with Gasteiger partial charge in [-0.2, -0.15) is 0 Å². The van der Waals surface area contributed by atoms with Gasteiger partial charge in [0.1, 0.15) is 5.75 Å². The first kappa shape index (κ1) is 11.9. The summed E-state index contributed by atoms with van der Waals surface area (Å²) in [6.07, 6.45) is 0.988. The van der Waals surface area contributed by atoms with Crippen LogP contribution in [0.3, 0.4) is 0 Å². The summed E-state index contributed by atoms with van der Waals surface area (Å²) in [6, 6.07) is 16.9. The van der Waals surface area contributed by atoms with Crippen LogP contribution in [0, 0.1) is 0 Å². The van der Waals surface area contributed by atoms with Gasteiger partial charge in [-0.1, -0.05) is 30.3 Å². The molecule has 0 saturated heterocycles. The molecule has 0 amide bonds. The molecule has 0 aliphatic carbocycles. The molecule has 0 radical (unpaired) electrons. The molecule has 2 N–H and O–H groups in total. The largest absolute Gasteiger partial charge is 0.493 e. The summed E-state index contributed by atoms with van der Waals surface area (Å²) in [5.41, 5.74) is 8.89. The predicted molar refractivity (Wildman–Crippen MR) is 83.5 cm³/mol. The first-order valence-corrected chi connectivity index (χ1v) is 7.62. The molecule has 100 valence electrons. The SMILES string of the molecule is NC(c1ccc2c(c1)CCO2)c1cc2ccccc2s1. The molecule has 3 aromatic rings. The van der Waals surface area contributed by atoms with E-state index in [1.54, 1.807) is 11.3 Å². The minimum atomic E-state index is -0.0571. The second kappa shape index (κ2) is 4.62. The van der Waals surface area contributed by atoms with Crippen molar-refractivity contribution in [1.29, 1.82) is 0 Å². The number of nitrogens with two attached hydrogens (primary N) is 1. The second-order valence-electron chi connectivity index (χ2n) is 5.13. The molecule has 0 spiro atoms. The van der Waals surface area contributed by atoms with Crippen LogP contribution in [0.1, 0.15) is 22.0 Å². The lowest BCUT2D eigenvalue weighted by atomic mass is 10.0. The summed E-state index contributed by atoms with van der Waals surface area (Å²) in [5, 5.41) is 1.27. The first-order valence-electron chi connectivity index (χ1n) is 6.81. The molecule has 1 aliphatic heterocycles. The van der Waals surface area contributed by atoms with Crippen molar-refractivity contribution in [3.05, 3.63) is 64.5 Å². The first-order chi connectivity index (χ1) is 9.81. The maximum Gasteiger partial charge on any atom is 0.122 e. The van der Waals surface area contributed by atoms with E-state index in [4.69, 9.17) is 10.5 Å². The van der Waals surface area contributed by atoms with Crippen LogP contribution in [0.5, 0.6) is 5.75 Å². The molecule has 0 fully saturated rings. The van der Waals surface area contributed by atoms with Crippen LogP contribution < -0.4 is 10.5 Å². The molecule has 1 aromatic heterocycles. The summed E-state index contributed by atoms with van der Waals surface area (Å²) < 4.78 is 6.84. The predicted octanol–water partition coefficient (Wildman–Crippen LogP) is 3.88. The van der Waals surface area contributed by atoms with Crippen LogP contribution in [0.2, 0.25) is 0 Å². The third-order valence-corrected chi connectivity index (χ3v) is 5.02. The molecular formula is C17H15NOS. The smallest absolute Gasteiger partial charge is 0.122 e. The molecule has 1 aliphatic rings. The van der Waals surface area contributed by atoms with Crippen molar-refractivity contribution in [2.75, 3.05) is 6.61 Å². The van der Waals surface area contributed by atoms with E-state index in [9.17, 15) is 0 Å². The summed E-state index contributed by atoms with van der Waals surface area (Å²) in [7, 11) is 0. The van der Waals surface area contributed by atoms with Crippen LogP contribution in [-0.4, -0.2) is 6.61 Å². The van der Waals surface area contributed by atoms with Crippen LogP contribution in [0.4, 0.5) is 0 Å². The van der Waals surface area contributed by atoms with Crippen molar-refractivity contribution < 1.29 is 4.74 Å². The fourth-order valence-electron chi connectivity index (χ4n) is 2.72. The Bertz CT molecular complexity index is 745. The molecule has 2 heterocycles. The number of fused-ring (bicyclic) bond motifs is 2. The van der Waals surface area contributed by atoms with Gasteiger partial charge in [-0.25, -0.2) is 0 Å². The van der Waals surface area contributed by atoms with Gasteiger partial charge in [0.2, 0.25) is 0 Å². The summed E-state index contributed by atoms with van der Waals surface area (Å²) in [6.45, 7) is 0.789. The fraction of sp³-hybridized carbons (Fsp3) is 0.176. The van der Waals surface area contributed by atoms with Crippen molar-refractivity contribution in [3.8, 4) is 5.75 Å². The van der Waals surface area contributed by atoms with Crippen molar-refractivity contribution in [3.63, 3.8) is 0 Å². The molecule has 2 aromatic carbocycles. The zero-order chi connectivity index (χ0) is 13.5. The Labute approximate surface area is 121 Å². The van der Waals surface area contributed by atoms with E-state index in [0.29, 0.717) is 0 Å². The Morgan fingerprint density at radius 2 is 2.00 bits per heavy atom. The number of rotatable bonds is 2. The van der Waals surface area contributed by atoms with Gasteiger partial charge in [-0.3, -0.25) is 0 Å². The van der Waals surface area contributed by atoms with E-state index in [-0.39, 0.29) is 6.04 Å². The molecule has 0 saturated carbocycles. The van der Waals surface area contributed by atoms with Gasteiger partial charge >= 0.3 is 0 Å². The second-order valence-corrected chi connectivity index (χ2v) is 6.25. The summed E-state index contributed by atoms with van der Waals surface area (Å²) in [4.78, 5) is 1.21. The minimum Gasteiger partial charge on any atom is -0.493 e. The number of hydrogen-bond donors (Lipinski definition) is 1. The van der Waals surface area contributed by atoms with Crippen LogP contribution in [-0.2, 0) is 6.42 Å². The molecule has 3 heteroatoms. The van der Waals surface area contributed by atoms with E-state index in [2.05, 4.69) is 42.5 Å². The molecule has 1 atom stereocenters. The highest BCUT2D eigenvalue weighted by molar-refractivity contribution is 7.19. The number of hydrogen-bond acceptors (Lipinski definition) is 3. The van der Waals surface area contributed by atoms with Crippen molar-refractivity contribution in [2.24, 2.45) is 5.73 Å². The van der Waals surface area contributed by atoms with Gasteiger partial charge < -0.3 is 10.5 Å². The number of ether oxygens (including phenoxy) is 1. The van der Waals surface area contributed by atoms with Crippen molar-refractivity contribution in [1.82, 2.24) is 0 Å². The van der Waals surface area contributed by atoms with Gasteiger partial charge in [-0.05, 0) is 34.7 Å². The maximum absolute atomic E-state index is 6.44. The van der Waals surface area contributed by atoms with Gasteiger partial charge in [0.05, 0.1) is 12.6 Å². The van der Waals surface area contributed by atoms with Crippen molar-refractivity contribution in [2.45, 2.75) is 12.5 Å². The van der Waals surface area contributed by atoms with Crippen LogP contribution in [0.25, 0.3) is 10.1 Å². The zero-order valence-corrected chi connectivity index (χ0v) is 11.8. The van der Waals surface area contributed by atoms with Gasteiger partial charge in [0, 0.05) is 16.0 Å². The standard InChI is InChI=1S/C17H15NOS/c18-17(13-5-6-14-11(9-13)7-8-19-14)16-10-12-3-1-2-4-15(12)20-16/h1-6,9-10,17H,7-8,18H2. The zero-order valence-electron chi connectivity index (χ0n) is 11.0. The molecule has 20 heavy (non-hydrogen) atoms. The third-order valence-electron chi connectivity index (χ3n) is 3.82. The van der Waals surface area contributed by atoms with E-state index < -0.39 is 0 Å². The van der Waals surface area contributed by atoms with E-state index in [0.717, 1.165) is 18.8 Å². The van der Waals surface area contributed by atoms with E-state index in [1.165, 1.54) is 26.1 Å². The monoisotopic (exact) mass is 281 g/mol. The summed E-state index contributed by atoms with van der Waals surface area (Å²) >= 11 is 1.78. The Balaban J connectivity index is 1.74. The Hall–Kier alpha value is -1.84. The molecule has 2 nitrogen and oxygen atoms in total. The van der Waals surface area contributed by atoms with Gasteiger partial charge in [0.25, 0.3) is 0 Å². The quantitative estimate of drug-likeness (QED) is 0.773. The third kappa shape index (κ3) is 1.90. The van der Waals surface area contributed by atoms with Gasteiger partial charge in [-0.15, -0.1) is 11.3 Å². The van der Waals surface area contributed by atoms with E-state index in [1.807, 2.05) is 6.07 Å². The Morgan fingerprint density at radius 1 is 1.10 bits per heavy atom. The lowest BCUT2D eigenvalue weighted by Gasteiger charge is -2.11. The average molecular weight is 281 g/mol. The summed E-state index contributed by atoms with van der Waals surface area (Å²) in [5.74, 6) is 1.01. The highest BCUT2D eigenvalue weighted by Crippen LogP contribution is 2.34. The molecule has 1 unspecified atom stereocenters. The van der Waals surface area contributed by atoms with E-state index >= 15 is 0 Å². The maximum atomic E-state index is 6.44. The van der Waals surface area contributed by atoms with Gasteiger partial charge in [0.15, 0.2) is 0 Å².